The average molecular weight is 301 g/mol. The SMILES string of the molecule is NC(CS)CCC(=O)NCCCn1ccnc1[N+](=O)[O-]. The molecule has 1 aromatic rings. The second-order valence-corrected chi connectivity index (χ2v) is 4.73. The third-order valence-electron chi connectivity index (χ3n) is 2.73. The molecule has 1 unspecified atom stereocenters. The van der Waals surface area contributed by atoms with Gasteiger partial charge in [0.25, 0.3) is 0 Å². The highest BCUT2D eigenvalue weighted by molar-refractivity contribution is 7.80. The normalized spacial score (nSPS) is 12.1. The Balaban J connectivity index is 2.20. The molecule has 0 spiro atoms. The van der Waals surface area contributed by atoms with Crippen molar-refractivity contribution in [3.05, 3.63) is 22.5 Å². The first kappa shape index (κ1) is 16.4. The number of nitrogens with zero attached hydrogens (tertiary/aromatic N) is 3. The summed E-state index contributed by atoms with van der Waals surface area (Å²) in [5.74, 6) is 0.302. The molecule has 3 N–H and O–H groups in total. The zero-order valence-corrected chi connectivity index (χ0v) is 12.0. The van der Waals surface area contributed by atoms with Gasteiger partial charge in [-0.05, 0) is 17.8 Å². The number of amides is 1. The molecule has 0 radical (unpaired) electrons. The van der Waals surface area contributed by atoms with Crippen LogP contribution in [0.3, 0.4) is 0 Å². The molecule has 0 saturated heterocycles. The van der Waals surface area contributed by atoms with Gasteiger partial charge in [-0.1, -0.05) is 4.98 Å². The summed E-state index contributed by atoms with van der Waals surface area (Å²) in [5, 5.41) is 13.4. The van der Waals surface area contributed by atoms with E-state index in [1.54, 1.807) is 6.20 Å². The summed E-state index contributed by atoms with van der Waals surface area (Å²) >= 11 is 4.04. The second kappa shape index (κ2) is 8.54. The Morgan fingerprint density at radius 1 is 1.65 bits per heavy atom. The van der Waals surface area contributed by atoms with Crippen LogP contribution in [0.25, 0.3) is 0 Å². The van der Waals surface area contributed by atoms with Gasteiger partial charge >= 0.3 is 5.95 Å². The quantitative estimate of drug-likeness (QED) is 0.263. The number of carbonyl (C=O) groups is 1. The van der Waals surface area contributed by atoms with Gasteiger partial charge in [-0.25, -0.2) is 4.57 Å². The van der Waals surface area contributed by atoms with Crippen LogP contribution in [0.2, 0.25) is 0 Å². The predicted molar refractivity (Wildman–Crippen MR) is 77.6 cm³/mol. The first-order chi connectivity index (χ1) is 9.54. The fourth-order valence-electron chi connectivity index (χ4n) is 1.62. The molecule has 0 fully saturated rings. The van der Waals surface area contributed by atoms with Crippen LogP contribution in [0.4, 0.5) is 5.95 Å². The van der Waals surface area contributed by atoms with E-state index in [0.29, 0.717) is 38.1 Å². The van der Waals surface area contributed by atoms with Gasteiger partial charge in [-0.2, -0.15) is 12.6 Å². The highest BCUT2D eigenvalue weighted by Gasteiger charge is 2.13. The van der Waals surface area contributed by atoms with Crippen LogP contribution in [-0.4, -0.2) is 38.7 Å². The van der Waals surface area contributed by atoms with Crippen molar-refractivity contribution in [2.24, 2.45) is 5.73 Å². The van der Waals surface area contributed by atoms with E-state index >= 15 is 0 Å². The zero-order chi connectivity index (χ0) is 15.0. The van der Waals surface area contributed by atoms with E-state index in [-0.39, 0.29) is 17.9 Å². The third-order valence-corrected chi connectivity index (χ3v) is 3.20. The smallest absolute Gasteiger partial charge is 0.390 e. The van der Waals surface area contributed by atoms with Gasteiger partial charge in [0.2, 0.25) is 5.91 Å². The molecule has 1 heterocycles. The lowest BCUT2D eigenvalue weighted by atomic mass is 10.2. The van der Waals surface area contributed by atoms with Crippen LogP contribution < -0.4 is 11.1 Å². The average Bonchev–Trinajstić information content (AvgIpc) is 2.89. The highest BCUT2D eigenvalue weighted by Crippen LogP contribution is 2.07. The van der Waals surface area contributed by atoms with Crippen molar-refractivity contribution in [3.63, 3.8) is 0 Å². The molecular weight excluding hydrogens is 282 g/mol. The number of nitrogens with one attached hydrogen (secondary N) is 1. The Hall–Kier alpha value is -1.61. The number of carbonyl (C=O) groups excluding carboxylic acids is 1. The molecular formula is C11H19N5O3S. The molecule has 0 aliphatic rings. The van der Waals surface area contributed by atoms with Crippen LogP contribution in [0, 0.1) is 10.1 Å². The van der Waals surface area contributed by atoms with Crippen molar-refractivity contribution in [1.29, 1.82) is 0 Å². The molecule has 0 aliphatic carbocycles. The lowest BCUT2D eigenvalue weighted by molar-refractivity contribution is -0.396. The Kier molecular flexibility index (Phi) is 7.02. The zero-order valence-electron chi connectivity index (χ0n) is 11.1. The van der Waals surface area contributed by atoms with E-state index in [0.717, 1.165) is 0 Å². The lowest BCUT2D eigenvalue weighted by Gasteiger charge is -2.08. The van der Waals surface area contributed by atoms with Gasteiger partial charge in [-0.15, -0.1) is 0 Å². The monoisotopic (exact) mass is 301 g/mol. The molecule has 1 rings (SSSR count). The van der Waals surface area contributed by atoms with Crippen LogP contribution in [0.5, 0.6) is 0 Å². The predicted octanol–water partition coefficient (Wildman–Crippen LogP) is 0.335. The summed E-state index contributed by atoms with van der Waals surface area (Å²) in [7, 11) is 0. The van der Waals surface area contributed by atoms with Gasteiger partial charge in [0.05, 0.1) is 6.54 Å². The van der Waals surface area contributed by atoms with Crippen molar-refractivity contribution in [1.82, 2.24) is 14.9 Å². The van der Waals surface area contributed by atoms with Gasteiger partial charge in [-0.3, -0.25) is 4.79 Å². The minimum absolute atomic E-state index is 0.0673. The number of aromatic nitrogens is 2. The summed E-state index contributed by atoms with van der Waals surface area (Å²) in [4.78, 5) is 25.2. The molecule has 0 aromatic carbocycles. The van der Waals surface area contributed by atoms with Gasteiger partial charge in [0, 0.05) is 24.8 Å². The van der Waals surface area contributed by atoms with Crippen molar-refractivity contribution in [2.45, 2.75) is 31.8 Å². The van der Waals surface area contributed by atoms with Crippen molar-refractivity contribution < 1.29 is 9.72 Å². The molecule has 1 aromatic heterocycles. The molecule has 1 amide bonds. The van der Waals surface area contributed by atoms with E-state index in [2.05, 4.69) is 22.9 Å². The maximum Gasteiger partial charge on any atom is 0.434 e. The van der Waals surface area contributed by atoms with E-state index < -0.39 is 4.92 Å². The summed E-state index contributed by atoms with van der Waals surface area (Å²) in [5.41, 5.74) is 5.65. The van der Waals surface area contributed by atoms with Crippen molar-refractivity contribution in [3.8, 4) is 0 Å². The van der Waals surface area contributed by atoms with Gasteiger partial charge < -0.3 is 21.2 Å². The maximum absolute atomic E-state index is 11.5. The number of imidazole rings is 1. The number of aryl methyl sites for hydroxylation is 1. The molecule has 112 valence electrons. The summed E-state index contributed by atoms with van der Waals surface area (Å²) in [6.45, 7) is 0.900. The molecule has 9 heteroatoms. The largest absolute Gasteiger partial charge is 0.434 e. The standard InChI is InChI=1S/C11H19N5O3S/c12-9(8-20)2-3-10(17)13-4-1-6-15-7-5-14-11(15)16(18)19/h5,7,9,20H,1-4,6,8,12H2,(H,13,17). The molecule has 0 aliphatic heterocycles. The van der Waals surface area contributed by atoms with E-state index in [1.807, 2.05) is 0 Å². The van der Waals surface area contributed by atoms with E-state index in [1.165, 1.54) is 10.8 Å². The van der Waals surface area contributed by atoms with Crippen LogP contribution in [0.15, 0.2) is 12.4 Å². The van der Waals surface area contributed by atoms with Gasteiger partial charge in [0.1, 0.15) is 12.4 Å². The van der Waals surface area contributed by atoms with Crippen molar-refractivity contribution in [2.75, 3.05) is 12.3 Å². The number of rotatable bonds is 9. The van der Waals surface area contributed by atoms with Gasteiger partial charge in [0.15, 0.2) is 0 Å². The molecule has 20 heavy (non-hydrogen) atoms. The highest BCUT2D eigenvalue weighted by atomic mass is 32.1. The number of nitrogens with two attached hydrogens (primary N) is 1. The minimum Gasteiger partial charge on any atom is -0.390 e. The number of thiol groups is 1. The maximum atomic E-state index is 11.5. The third kappa shape index (κ3) is 5.57. The van der Waals surface area contributed by atoms with Crippen LogP contribution in [-0.2, 0) is 11.3 Å². The van der Waals surface area contributed by atoms with Crippen LogP contribution >= 0.6 is 12.6 Å². The molecule has 0 saturated carbocycles. The number of hydrogen-bond acceptors (Lipinski definition) is 6. The summed E-state index contributed by atoms with van der Waals surface area (Å²) < 4.78 is 1.45. The number of hydrogen-bond donors (Lipinski definition) is 3. The fraction of sp³-hybridized carbons (Fsp3) is 0.636. The molecule has 1 atom stereocenters. The summed E-state index contributed by atoms with van der Waals surface area (Å²) in [6, 6.07) is -0.0716. The molecule has 0 bridgehead atoms. The number of nitro groups is 1. The van der Waals surface area contributed by atoms with E-state index in [9.17, 15) is 14.9 Å². The Morgan fingerprint density at radius 3 is 3.05 bits per heavy atom. The first-order valence-corrected chi connectivity index (χ1v) is 6.96. The van der Waals surface area contributed by atoms with E-state index in [4.69, 9.17) is 5.73 Å². The minimum atomic E-state index is -0.530. The fourth-order valence-corrected chi connectivity index (χ4v) is 1.80. The molecule has 8 nitrogen and oxygen atoms in total. The first-order valence-electron chi connectivity index (χ1n) is 6.33. The second-order valence-electron chi connectivity index (χ2n) is 4.36. The van der Waals surface area contributed by atoms with Crippen LogP contribution in [0.1, 0.15) is 19.3 Å². The Bertz CT molecular complexity index is 451. The Morgan fingerprint density at radius 2 is 2.40 bits per heavy atom. The summed E-state index contributed by atoms with van der Waals surface area (Å²) in [6.07, 6.45) is 4.50. The topological polar surface area (TPSA) is 116 Å². The lowest BCUT2D eigenvalue weighted by Crippen LogP contribution is -2.29. The van der Waals surface area contributed by atoms with Crippen molar-refractivity contribution >= 4 is 24.5 Å². The Labute approximate surface area is 122 Å².